The Hall–Kier alpha value is -5.33. The second-order valence-electron chi connectivity index (χ2n) is 11.5. The van der Waals surface area contributed by atoms with Gasteiger partial charge in [0.05, 0.1) is 35.5 Å². The summed E-state index contributed by atoms with van der Waals surface area (Å²) in [6.07, 6.45) is 5.11. The van der Waals surface area contributed by atoms with Crippen LogP contribution in [-0.4, -0.2) is 46.0 Å². The molecule has 7 rings (SSSR count). The number of aromatic nitrogens is 6. The van der Waals surface area contributed by atoms with E-state index in [9.17, 15) is 18.4 Å². The number of imidazole rings is 1. The monoisotopic (exact) mass is 612 g/mol. The molecule has 2 aliphatic rings. The summed E-state index contributed by atoms with van der Waals surface area (Å²) in [7, 11) is 0. The Morgan fingerprint density at radius 3 is 2.53 bits per heavy atom. The number of hydrogen-bond acceptors (Lipinski definition) is 6. The van der Waals surface area contributed by atoms with Gasteiger partial charge in [-0.1, -0.05) is 6.07 Å². The number of nitrogens with one attached hydrogen (secondary N) is 1. The molecule has 0 atom stereocenters. The predicted octanol–water partition coefficient (Wildman–Crippen LogP) is 5.81. The van der Waals surface area contributed by atoms with Crippen LogP contribution in [0.25, 0.3) is 17.2 Å². The van der Waals surface area contributed by atoms with Crippen LogP contribution in [0.3, 0.4) is 0 Å². The van der Waals surface area contributed by atoms with Crippen LogP contribution in [0.15, 0.2) is 61.2 Å². The zero-order valence-corrected chi connectivity index (χ0v) is 24.3. The molecule has 2 aromatic carbocycles. The van der Waals surface area contributed by atoms with Gasteiger partial charge in [0, 0.05) is 24.1 Å². The van der Waals surface area contributed by atoms with Gasteiger partial charge in [0.1, 0.15) is 23.7 Å². The molecule has 5 aromatic rings. The van der Waals surface area contributed by atoms with Gasteiger partial charge in [0.25, 0.3) is 11.8 Å². The molecule has 1 aliphatic heterocycles. The number of halogens is 3. The van der Waals surface area contributed by atoms with Crippen LogP contribution in [-0.2, 0) is 13.1 Å². The van der Waals surface area contributed by atoms with Crippen LogP contribution in [0, 0.1) is 17.5 Å². The van der Waals surface area contributed by atoms with Gasteiger partial charge in [-0.15, -0.1) is 10.2 Å². The van der Waals surface area contributed by atoms with E-state index in [1.165, 1.54) is 23.1 Å². The fourth-order valence-electron chi connectivity index (χ4n) is 5.59. The molecular formula is C32H27F3N8O2. The molecule has 2 amide bonds. The third-order valence-corrected chi connectivity index (χ3v) is 8.04. The van der Waals surface area contributed by atoms with Crippen LogP contribution in [0.2, 0.25) is 0 Å². The Labute approximate surface area is 255 Å². The molecule has 1 N–H and O–H groups in total. The number of anilines is 1. The number of carbonyl (C=O) groups excluding carboxylic acids is 2. The summed E-state index contributed by atoms with van der Waals surface area (Å²) in [6, 6.07) is 10.8. The SMILES string of the molecule is CC(C)n1cnnc1-c1cccc(NC(=O)c2cc3c(cc2F)CN(C(=O)c2ccc(F)c(F)c2)Cc2c(C4CC4)ncn2-3)n1. The molecule has 0 spiro atoms. The van der Waals surface area contributed by atoms with Crippen molar-refractivity contribution in [1.29, 1.82) is 0 Å². The van der Waals surface area contributed by atoms with Crippen molar-refractivity contribution in [3.63, 3.8) is 0 Å². The molecule has 3 aromatic heterocycles. The highest BCUT2D eigenvalue weighted by Gasteiger charge is 2.34. The summed E-state index contributed by atoms with van der Waals surface area (Å²) < 4.78 is 46.9. The lowest BCUT2D eigenvalue weighted by Crippen LogP contribution is -2.30. The van der Waals surface area contributed by atoms with Crippen LogP contribution >= 0.6 is 0 Å². The molecule has 45 heavy (non-hydrogen) atoms. The molecule has 0 bridgehead atoms. The number of hydrogen-bond donors (Lipinski definition) is 1. The van der Waals surface area contributed by atoms with Crippen LogP contribution in [0.4, 0.5) is 19.0 Å². The lowest BCUT2D eigenvalue weighted by molar-refractivity contribution is 0.0729. The lowest BCUT2D eigenvalue weighted by atomic mass is 10.1. The van der Waals surface area contributed by atoms with E-state index in [1.807, 2.05) is 18.4 Å². The second kappa shape index (κ2) is 11.0. The maximum atomic E-state index is 15.7. The minimum absolute atomic E-state index is 0.0299. The van der Waals surface area contributed by atoms with Crippen molar-refractivity contribution in [3.05, 3.63) is 107 Å². The largest absolute Gasteiger partial charge is 0.328 e. The summed E-state index contributed by atoms with van der Waals surface area (Å²) in [6.45, 7) is 4.05. The molecule has 0 saturated heterocycles. The predicted molar refractivity (Wildman–Crippen MR) is 157 cm³/mol. The molecule has 10 nitrogen and oxygen atoms in total. The molecule has 13 heteroatoms. The van der Waals surface area contributed by atoms with Gasteiger partial charge in [0.2, 0.25) is 0 Å². The fraction of sp³-hybridized carbons (Fsp3) is 0.250. The maximum absolute atomic E-state index is 15.7. The highest BCUT2D eigenvalue weighted by Crippen LogP contribution is 2.42. The zero-order valence-electron chi connectivity index (χ0n) is 24.3. The minimum atomic E-state index is -1.14. The van der Waals surface area contributed by atoms with Crippen molar-refractivity contribution in [3.8, 4) is 17.2 Å². The van der Waals surface area contributed by atoms with Crippen LogP contribution in [0.1, 0.15) is 76.3 Å². The first kappa shape index (κ1) is 28.4. The summed E-state index contributed by atoms with van der Waals surface area (Å²) in [5.41, 5.74) is 2.68. The molecule has 1 fully saturated rings. The quantitative estimate of drug-likeness (QED) is 0.259. The van der Waals surface area contributed by atoms with E-state index >= 15 is 4.39 Å². The van der Waals surface area contributed by atoms with Gasteiger partial charge < -0.3 is 19.4 Å². The number of carbonyl (C=O) groups is 2. The van der Waals surface area contributed by atoms with E-state index in [2.05, 4.69) is 25.5 Å². The van der Waals surface area contributed by atoms with Crippen molar-refractivity contribution >= 4 is 17.6 Å². The van der Waals surface area contributed by atoms with Crippen molar-refractivity contribution in [2.24, 2.45) is 0 Å². The van der Waals surface area contributed by atoms with E-state index < -0.39 is 29.3 Å². The Balaban J connectivity index is 1.23. The van der Waals surface area contributed by atoms with Gasteiger partial charge >= 0.3 is 0 Å². The highest BCUT2D eigenvalue weighted by molar-refractivity contribution is 6.04. The number of benzene rings is 2. The van der Waals surface area contributed by atoms with Gasteiger partial charge in [-0.2, -0.15) is 0 Å². The Morgan fingerprint density at radius 2 is 1.78 bits per heavy atom. The minimum Gasteiger partial charge on any atom is -0.328 e. The molecule has 1 saturated carbocycles. The van der Waals surface area contributed by atoms with Crippen molar-refractivity contribution in [2.75, 3.05) is 5.32 Å². The molecule has 1 aliphatic carbocycles. The van der Waals surface area contributed by atoms with Crippen LogP contribution < -0.4 is 5.32 Å². The molecule has 228 valence electrons. The van der Waals surface area contributed by atoms with E-state index in [4.69, 9.17) is 0 Å². The number of nitrogens with zero attached hydrogens (tertiary/aromatic N) is 7. The first-order valence-corrected chi connectivity index (χ1v) is 14.5. The van der Waals surface area contributed by atoms with Crippen molar-refractivity contribution < 1.29 is 22.8 Å². The third kappa shape index (κ3) is 5.23. The number of fused-ring (bicyclic) bond motifs is 3. The fourth-order valence-corrected chi connectivity index (χ4v) is 5.59. The van der Waals surface area contributed by atoms with E-state index in [0.717, 1.165) is 30.7 Å². The van der Waals surface area contributed by atoms with Crippen molar-refractivity contribution in [2.45, 2.75) is 51.7 Å². The van der Waals surface area contributed by atoms with E-state index in [1.54, 1.807) is 35.4 Å². The average Bonchev–Trinajstić information content (AvgIpc) is 3.62. The van der Waals surface area contributed by atoms with Gasteiger partial charge in [-0.3, -0.25) is 9.59 Å². The smallest absolute Gasteiger partial charge is 0.259 e. The lowest BCUT2D eigenvalue weighted by Gasteiger charge is -2.21. The molecule has 0 radical (unpaired) electrons. The normalized spacial score (nSPS) is 14.2. The summed E-state index contributed by atoms with van der Waals surface area (Å²) in [5.74, 6) is -3.30. The maximum Gasteiger partial charge on any atom is 0.259 e. The summed E-state index contributed by atoms with van der Waals surface area (Å²) in [4.78, 5) is 37.5. The zero-order chi connectivity index (χ0) is 31.4. The van der Waals surface area contributed by atoms with Gasteiger partial charge in [0.15, 0.2) is 17.5 Å². The van der Waals surface area contributed by atoms with E-state index in [-0.39, 0.29) is 42.0 Å². The highest BCUT2D eigenvalue weighted by atomic mass is 19.2. The number of rotatable bonds is 6. The Bertz CT molecular complexity index is 1980. The topological polar surface area (TPSA) is 111 Å². The Morgan fingerprint density at radius 1 is 0.956 bits per heavy atom. The van der Waals surface area contributed by atoms with Crippen LogP contribution in [0.5, 0.6) is 0 Å². The Kier molecular flexibility index (Phi) is 6.94. The summed E-state index contributed by atoms with van der Waals surface area (Å²) >= 11 is 0. The average molecular weight is 613 g/mol. The second-order valence-corrected chi connectivity index (χ2v) is 11.5. The van der Waals surface area contributed by atoms with Crippen molar-refractivity contribution in [1.82, 2.24) is 34.2 Å². The molecular weight excluding hydrogens is 585 g/mol. The molecule has 0 unspecified atom stereocenters. The number of amides is 2. The standard InChI is InChI=1S/C32H27F3N8O2/c1-17(2)42-16-37-40-30(42)25-4-3-5-28(38-25)39-31(44)21-12-26-20(11-23(21)34)13-41(32(45)19-8-9-22(33)24(35)10-19)14-27-29(18-6-7-18)36-15-43(26)27/h3-5,8-12,15-18H,6-7,13-14H2,1-2H3,(H,38,39,44). The van der Waals surface area contributed by atoms with Gasteiger partial charge in [-0.25, -0.2) is 23.1 Å². The van der Waals surface area contributed by atoms with Gasteiger partial charge in [-0.05, 0) is 74.7 Å². The third-order valence-electron chi connectivity index (χ3n) is 8.04. The number of pyridine rings is 1. The molecule has 4 heterocycles. The van der Waals surface area contributed by atoms with E-state index in [0.29, 0.717) is 28.5 Å². The summed E-state index contributed by atoms with van der Waals surface area (Å²) in [5, 5.41) is 10.8. The first-order valence-electron chi connectivity index (χ1n) is 14.5. The first-order chi connectivity index (χ1) is 21.7.